The number of furan rings is 1. The highest BCUT2D eigenvalue weighted by atomic mass is 16.3. The molecule has 10 aromatic rings. The lowest BCUT2D eigenvalue weighted by molar-refractivity contribution is 0.669. The molecule has 0 saturated carbocycles. The van der Waals surface area contributed by atoms with Crippen molar-refractivity contribution in [1.29, 1.82) is 0 Å². The fourth-order valence-corrected chi connectivity index (χ4v) is 7.46. The van der Waals surface area contributed by atoms with Gasteiger partial charge in [-0.25, -0.2) is 14.8 Å². The van der Waals surface area contributed by atoms with Crippen molar-refractivity contribution < 1.29 is 4.42 Å². The molecule has 0 atom stereocenters. The maximum absolute atomic E-state index is 7.55. The lowest BCUT2D eigenvalue weighted by atomic mass is 9.88. The van der Waals surface area contributed by atoms with Gasteiger partial charge in [0.25, 0.3) is 0 Å². The Labute approximate surface area is 293 Å². The zero-order valence-electron chi connectivity index (χ0n) is 27.3. The van der Waals surface area contributed by atoms with Crippen LogP contribution < -0.4 is 0 Å². The van der Waals surface area contributed by atoms with Gasteiger partial charge in [-0.05, 0) is 85.9 Å². The van der Waals surface area contributed by atoms with Gasteiger partial charge in [-0.1, -0.05) is 121 Å². The Bertz CT molecular complexity index is 2970. The van der Waals surface area contributed by atoms with Crippen LogP contribution in [-0.2, 0) is 0 Å². The van der Waals surface area contributed by atoms with E-state index in [2.05, 4.69) is 108 Å². The fraction of sp³-hybridized carbons (Fsp3) is 0. The van der Waals surface area contributed by atoms with Crippen LogP contribution in [0.4, 0.5) is 5.69 Å². The third-order valence-corrected chi connectivity index (χ3v) is 9.88. The molecule has 0 N–H and O–H groups in total. The van der Waals surface area contributed by atoms with Crippen LogP contribution in [-0.4, -0.2) is 9.97 Å². The topological polar surface area (TPSA) is 43.3 Å². The Morgan fingerprint density at radius 2 is 0.902 bits per heavy atom. The summed E-state index contributed by atoms with van der Waals surface area (Å²) in [6, 6.07) is 56.5. The zero-order chi connectivity index (χ0) is 33.9. The molecule has 0 fully saturated rings. The molecule has 0 spiro atoms. The first-order valence-electron chi connectivity index (χ1n) is 16.9. The monoisotopic (exact) mass is 649 g/mol. The summed E-state index contributed by atoms with van der Waals surface area (Å²) >= 11 is 0. The Morgan fingerprint density at radius 3 is 1.51 bits per heavy atom. The summed E-state index contributed by atoms with van der Waals surface area (Å²) in [5.74, 6) is 0.692. The van der Waals surface area contributed by atoms with E-state index < -0.39 is 0 Å². The van der Waals surface area contributed by atoms with Crippen molar-refractivity contribution >= 4 is 59.9 Å². The number of aromatic nitrogens is 2. The molecule has 236 valence electrons. The quantitative estimate of drug-likeness (QED) is 0.141. The van der Waals surface area contributed by atoms with Crippen LogP contribution in [0.1, 0.15) is 0 Å². The highest BCUT2D eigenvalue weighted by Gasteiger charge is 2.18. The molecule has 0 aliphatic carbocycles. The number of fused-ring (bicyclic) bond motifs is 8. The highest BCUT2D eigenvalue weighted by Crippen LogP contribution is 2.43. The molecule has 10 rings (SSSR count). The maximum atomic E-state index is 7.55. The van der Waals surface area contributed by atoms with E-state index in [1.807, 2.05) is 54.6 Å². The Kier molecular flexibility index (Phi) is 6.52. The van der Waals surface area contributed by atoms with Crippen LogP contribution in [0.25, 0.3) is 104 Å². The molecule has 0 unspecified atom stereocenters. The van der Waals surface area contributed by atoms with Gasteiger partial charge in [-0.3, -0.25) is 0 Å². The molecule has 0 saturated heterocycles. The molecule has 4 nitrogen and oxygen atoms in total. The van der Waals surface area contributed by atoms with Gasteiger partial charge in [-0.15, -0.1) is 0 Å². The number of hydrogen-bond donors (Lipinski definition) is 0. The third kappa shape index (κ3) is 4.75. The molecule has 0 radical (unpaired) electrons. The number of hydrogen-bond acceptors (Lipinski definition) is 3. The maximum Gasteiger partial charge on any atom is 0.188 e. The van der Waals surface area contributed by atoms with Crippen LogP contribution in [0.3, 0.4) is 0 Å². The van der Waals surface area contributed by atoms with Crippen LogP contribution >= 0.6 is 0 Å². The minimum Gasteiger partial charge on any atom is -0.456 e. The van der Waals surface area contributed by atoms with Crippen molar-refractivity contribution in [2.75, 3.05) is 0 Å². The van der Waals surface area contributed by atoms with Gasteiger partial charge < -0.3 is 4.42 Å². The van der Waals surface area contributed by atoms with Crippen molar-refractivity contribution in [3.63, 3.8) is 0 Å². The smallest absolute Gasteiger partial charge is 0.188 e. The first kappa shape index (κ1) is 28.9. The SMILES string of the molecule is [C-]#[N+]c1ccc2oc3ccc(-c4cc5c6ccccc6c(-c6nc(-c7ccccc7)cc(-c7ccccc7)n6)cc5c5ccccc45)cc3c2c1. The summed E-state index contributed by atoms with van der Waals surface area (Å²) in [5, 5.41) is 8.82. The molecule has 0 amide bonds. The molecule has 51 heavy (non-hydrogen) atoms. The first-order chi connectivity index (χ1) is 25.2. The highest BCUT2D eigenvalue weighted by molar-refractivity contribution is 6.24. The minimum absolute atomic E-state index is 0.600. The standard InChI is InChI=1S/C47H27N3O/c1-48-32-21-23-46-41(25-32)40-24-31(20-22-45(40)51-46)37-26-38-35-18-10-11-19-36(35)42(27-39(38)34-17-9-8-16-33(34)37)47-49-43(29-12-4-2-5-13-29)28-44(50-47)30-14-6-3-7-15-30/h2-28H. The lowest BCUT2D eigenvalue weighted by Gasteiger charge is -2.16. The van der Waals surface area contributed by atoms with E-state index in [1.165, 1.54) is 0 Å². The van der Waals surface area contributed by atoms with E-state index in [9.17, 15) is 0 Å². The molecule has 0 aliphatic heterocycles. The van der Waals surface area contributed by atoms with Crippen molar-refractivity contribution in [3.05, 3.63) is 175 Å². The fourth-order valence-electron chi connectivity index (χ4n) is 7.46. The largest absolute Gasteiger partial charge is 0.456 e. The van der Waals surface area contributed by atoms with Crippen molar-refractivity contribution in [2.45, 2.75) is 0 Å². The number of benzene rings is 8. The van der Waals surface area contributed by atoms with Crippen molar-refractivity contribution in [3.8, 4) is 45.0 Å². The Balaban J connectivity index is 1.25. The average Bonchev–Trinajstić information content (AvgIpc) is 3.58. The lowest BCUT2D eigenvalue weighted by Crippen LogP contribution is -1.97. The second-order valence-corrected chi connectivity index (χ2v) is 12.8. The van der Waals surface area contributed by atoms with Crippen LogP contribution in [0.2, 0.25) is 0 Å². The molecule has 0 bridgehead atoms. The predicted molar refractivity (Wildman–Crippen MR) is 210 cm³/mol. The van der Waals surface area contributed by atoms with Crippen molar-refractivity contribution in [2.24, 2.45) is 0 Å². The summed E-state index contributed by atoms with van der Waals surface area (Å²) < 4.78 is 6.17. The minimum atomic E-state index is 0.600. The molecule has 8 aromatic carbocycles. The van der Waals surface area contributed by atoms with Crippen LogP contribution in [0, 0.1) is 6.57 Å². The number of nitrogens with zero attached hydrogens (tertiary/aromatic N) is 3. The van der Waals surface area contributed by atoms with Gasteiger partial charge in [0, 0.05) is 27.5 Å². The molecule has 0 aliphatic rings. The molecule has 2 heterocycles. The van der Waals surface area contributed by atoms with E-state index >= 15 is 0 Å². The summed E-state index contributed by atoms with van der Waals surface area (Å²) in [5.41, 5.74) is 9.28. The second-order valence-electron chi connectivity index (χ2n) is 12.8. The van der Waals surface area contributed by atoms with Crippen LogP contribution in [0.15, 0.2) is 168 Å². The summed E-state index contributed by atoms with van der Waals surface area (Å²) in [6.07, 6.45) is 0. The van der Waals surface area contributed by atoms with E-state index in [1.54, 1.807) is 6.07 Å². The first-order valence-corrected chi connectivity index (χ1v) is 16.9. The molecular weight excluding hydrogens is 623 g/mol. The van der Waals surface area contributed by atoms with Gasteiger partial charge in [0.1, 0.15) is 11.2 Å². The van der Waals surface area contributed by atoms with Gasteiger partial charge in [0.05, 0.1) is 18.0 Å². The predicted octanol–water partition coefficient (Wildman–Crippen LogP) is 13.1. The van der Waals surface area contributed by atoms with Crippen molar-refractivity contribution in [1.82, 2.24) is 9.97 Å². The number of rotatable bonds is 4. The Hall–Kier alpha value is -7.09. The second kappa shape index (κ2) is 11.5. The average molecular weight is 650 g/mol. The molecule has 2 aromatic heterocycles. The third-order valence-electron chi connectivity index (χ3n) is 9.88. The van der Waals surface area contributed by atoms with E-state index in [0.717, 1.165) is 93.5 Å². The van der Waals surface area contributed by atoms with E-state index in [4.69, 9.17) is 21.0 Å². The van der Waals surface area contributed by atoms with Crippen LogP contribution in [0.5, 0.6) is 0 Å². The normalized spacial score (nSPS) is 11.5. The summed E-state index contributed by atoms with van der Waals surface area (Å²) in [7, 11) is 0. The Morgan fingerprint density at radius 1 is 0.392 bits per heavy atom. The van der Waals surface area contributed by atoms with Gasteiger partial charge in [0.15, 0.2) is 11.5 Å². The summed E-state index contributed by atoms with van der Waals surface area (Å²) in [4.78, 5) is 14.1. The molecular formula is C47H27N3O. The van der Waals surface area contributed by atoms with Gasteiger partial charge >= 0.3 is 0 Å². The van der Waals surface area contributed by atoms with E-state index in [-0.39, 0.29) is 0 Å². The van der Waals surface area contributed by atoms with E-state index in [0.29, 0.717) is 11.5 Å². The van der Waals surface area contributed by atoms with Gasteiger partial charge in [-0.2, -0.15) is 0 Å². The molecule has 4 heteroatoms. The summed E-state index contributed by atoms with van der Waals surface area (Å²) in [6.45, 7) is 7.55. The van der Waals surface area contributed by atoms with Gasteiger partial charge in [0.2, 0.25) is 0 Å². The zero-order valence-corrected chi connectivity index (χ0v) is 27.3.